The molecule has 1 unspecified atom stereocenters. The van der Waals surface area contributed by atoms with Gasteiger partial charge in [0.05, 0.1) is 13.2 Å². The summed E-state index contributed by atoms with van der Waals surface area (Å²) in [4.78, 5) is 0. The SMILES string of the molecule is CNC(C)(CO)CCOc1cccc(C(C)C)c1. The van der Waals surface area contributed by atoms with E-state index in [0.717, 1.165) is 12.2 Å². The quantitative estimate of drug-likeness (QED) is 0.782. The zero-order valence-electron chi connectivity index (χ0n) is 11.9. The largest absolute Gasteiger partial charge is 0.494 e. The van der Waals surface area contributed by atoms with Crippen molar-refractivity contribution < 1.29 is 9.84 Å². The summed E-state index contributed by atoms with van der Waals surface area (Å²) < 4.78 is 5.75. The number of aliphatic hydroxyl groups excluding tert-OH is 1. The monoisotopic (exact) mass is 251 g/mol. The lowest BCUT2D eigenvalue weighted by Crippen LogP contribution is -2.44. The van der Waals surface area contributed by atoms with Gasteiger partial charge in [0, 0.05) is 12.0 Å². The van der Waals surface area contributed by atoms with E-state index in [1.54, 1.807) is 0 Å². The van der Waals surface area contributed by atoms with Gasteiger partial charge < -0.3 is 15.2 Å². The Morgan fingerprint density at radius 3 is 2.67 bits per heavy atom. The van der Waals surface area contributed by atoms with Crippen LogP contribution >= 0.6 is 0 Å². The highest BCUT2D eigenvalue weighted by molar-refractivity contribution is 5.30. The Morgan fingerprint density at radius 2 is 2.11 bits per heavy atom. The molecule has 3 nitrogen and oxygen atoms in total. The second-order valence-electron chi connectivity index (χ2n) is 5.29. The van der Waals surface area contributed by atoms with Gasteiger partial charge >= 0.3 is 0 Å². The van der Waals surface area contributed by atoms with E-state index in [1.165, 1.54) is 5.56 Å². The van der Waals surface area contributed by atoms with E-state index >= 15 is 0 Å². The van der Waals surface area contributed by atoms with Gasteiger partial charge in [-0.2, -0.15) is 0 Å². The van der Waals surface area contributed by atoms with Crippen molar-refractivity contribution in [3.8, 4) is 5.75 Å². The van der Waals surface area contributed by atoms with E-state index in [0.29, 0.717) is 12.5 Å². The molecule has 2 N–H and O–H groups in total. The van der Waals surface area contributed by atoms with Crippen molar-refractivity contribution in [2.45, 2.75) is 38.6 Å². The van der Waals surface area contributed by atoms with E-state index in [2.05, 4.69) is 31.3 Å². The molecular weight excluding hydrogens is 226 g/mol. The summed E-state index contributed by atoms with van der Waals surface area (Å²) in [6.45, 7) is 7.03. The summed E-state index contributed by atoms with van der Waals surface area (Å²) in [5.74, 6) is 1.41. The van der Waals surface area contributed by atoms with Crippen molar-refractivity contribution >= 4 is 0 Å². The fourth-order valence-corrected chi connectivity index (χ4v) is 1.64. The third kappa shape index (κ3) is 4.31. The first-order chi connectivity index (χ1) is 8.50. The van der Waals surface area contributed by atoms with Crippen LogP contribution in [-0.4, -0.2) is 30.9 Å². The summed E-state index contributed by atoms with van der Waals surface area (Å²) >= 11 is 0. The lowest BCUT2D eigenvalue weighted by Gasteiger charge is -2.26. The van der Waals surface area contributed by atoms with Crippen molar-refractivity contribution in [2.24, 2.45) is 0 Å². The molecule has 102 valence electrons. The summed E-state index contributed by atoms with van der Waals surface area (Å²) in [5, 5.41) is 12.4. The highest BCUT2D eigenvalue weighted by Crippen LogP contribution is 2.20. The zero-order chi connectivity index (χ0) is 13.6. The third-order valence-electron chi connectivity index (χ3n) is 3.40. The van der Waals surface area contributed by atoms with Crippen molar-refractivity contribution in [2.75, 3.05) is 20.3 Å². The van der Waals surface area contributed by atoms with Gasteiger partial charge in [-0.15, -0.1) is 0 Å². The predicted octanol–water partition coefficient (Wildman–Crippen LogP) is 2.55. The summed E-state index contributed by atoms with van der Waals surface area (Å²) in [5.41, 5.74) is 1.02. The van der Waals surface area contributed by atoms with E-state index in [-0.39, 0.29) is 12.1 Å². The minimum absolute atomic E-state index is 0.110. The maximum atomic E-state index is 9.28. The minimum atomic E-state index is -0.268. The number of aliphatic hydroxyl groups is 1. The Bertz CT molecular complexity index is 359. The summed E-state index contributed by atoms with van der Waals surface area (Å²) in [6, 6.07) is 8.19. The molecule has 0 heterocycles. The van der Waals surface area contributed by atoms with Crippen LogP contribution in [0.1, 0.15) is 38.7 Å². The lowest BCUT2D eigenvalue weighted by molar-refractivity contribution is 0.151. The number of nitrogens with one attached hydrogen (secondary N) is 1. The normalized spacial score (nSPS) is 14.6. The molecule has 0 amide bonds. The molecule has 0 aliphatic heterocycles. The van der Waals surface area contributed by atoms with Crippen LogP contribution in [0.25, 0.3) is 0 Å². The first-order valence-corrected chi connectivity index (χ1v) is 6.53. The highest BCUT2D eigenvalue weighted by atomic mass is 16.5. The zero-order valence-corrected chi connectivity index (χ0v) is 11.9. The first-order valence-electron chi connectivity index (χ1n) is 6.53. The van der Waals surface area contributed by atoms with Gasteiger partial charge in [0.1, 0.15) is 5.75 Å². The van der Waals surface area contributed by atoms with Crippen molar-refractivity contribution in [1.29, 1.82) is 0 Å². The van der Waals surface area contributed by atoms with E-state index in [9.17, 15) is 5.11 Å². The second kappa shape index (κ2) is 6.76. The van der Waals surface area contributed by atoms with Gasteiger partial charge in [-0.05, 0) is 37.6 Å². The molecule has 18 heavy (non-hydrogen) atoms. The van der Waals surface area contributed by atoms with E-state index in [1.807, 2.05) is 26.1 Å². The number of hydrogen-bond donors (Lipinski definition) is 2. The minimum Gasteiger partial charge on any atom is -0.494 e. The fraction of sp³-hybridized carbons (Fsp3) is 0.600. The molecule has 0 saturated carbocycles. The maximum Gasteiger partial charge on any atom is 0.119 e. The summed E-state index contributed by atoms with van der Waals surface area (Å²) in [7, 11) is 1.86. The molecule has 1 aromatic rings. The first kappa shape index (κ1) is 15.0. The van der Waals surface area contributed by atoms with Crippen LogP contribution in [0.3, 0.4) is 0 Å². The standard InChI is InChI=1S/C15H25NO2/c1-12(2)13-6-5-7-14(10-13)18-9-8-15(3,11-17)16-4/h5-7,10,12,16-17H,8-9,11H2,1-4H3. The van der Waals surface area contributed by atoms with Gasteiger partial charge in [-0.3, -0.25) is 0 Å². The molecule has 1 rings (SSSR count). The molecule has 0 bridgehead atoms. The van der Waals surface area contributed by atoms with Crippen LogP contribution in [0.2, 0.25) is 0 Å². The number of rotatable bonds is 7. The average Bonchev–Trinajstić information content (AvgIpc) is 2.39. The Balaban J connectivity index is 2.51. The molecule has 0 aromatic heterocycles. The smallest absolute Gasteiger partial charge is 0.119 e. The predicted molar refractivity (Wildman–Crippen MR) is 75.2 cm³/mol. The maximum absolute atomic E-state index is 9.28. The van der Waals surface area contributed by atoms with Crippen molar-refractivity contribution in [1.82, 2.24) is 5.32 Å². The van der Waals surface area contributed by atoms with Crippen LogP contribution in [0, 0.1) is 0 Å². The topological polar surface area (TPSA) is 41.5 Å². The molecule has 0 saturated heterocycles. The molecule has 0 radical (unpaired) electrons. The Kier molecular flexibility index (Phi) is 5.63. The van der Waals surface area contributed by atoms with Gasteiger partial charge in [-0.1, -0.05) is 26.0 Å². The van der Waals surface area contributed by atoms with Crippen LogP contribution in [-0.2, 0) is 0 Å². The van der Waals surface area contributed by atoms with Crippen molar-refractivity contribution in [3.05, 3.63) is 29.8 Å². The van der Waals surface area contributed by atoms with Crippen molar-refractivity contribution in [3.63, 3.8) is 0 Å². The van der Waals surface area contributed by atoms with Gasteiger partial charge in [0.2, 0.25) is 0 Å². The lowest BCUT2D eigenvalue weighted by atomic mass is 10.0. The van der Waals surface area contributed by atoms with E-state index in [4.69, 9.17) is 4.74 Å². The van der Waals surface area contributed by atoms with Crippen LogP contribution in [0.4, 0.5) is 0 Å². The molecule has 0 aliphatic carbocycles. The average molecular weight is 251 g/mol. The molecule has 1 atom stereocenters. The molecule has 1 aromatic carbocycles. The van der Waals surface area contributed by atoms with Gasteiger partial charge in [0.25, 0.3) is 0 Å². The third-order valence-corrected chi connectivity index (χ3v) is 3.40. The van der Waals surface area contributed by atoms with Crippen LogP contribution in [0.15, 0.2) is 24.3 Å². The number of hydrogen-bond acceptors (Lipinski definition) is 3. The molecular formula is C15H25NO2. The van der Waals surface area contributed by atoms with Gasteiger partial charge in [0.15, 0.2) is 0 Å². The highest BCUT2D eigenvalue weighted by Gasteiger charge is 2.20. The molecule has 0 fully saturated rings. The molecule has 3 heteroatoms. The number of benzene rings is 1. The number of likely N-dealkylation sites (N-methyl/N-ethyl adjacent to an activating group) is 1. The van der Waals surface area contributed by atoms with E-state index < -0.39 is 0 Å². The Morgan fingerprint density at radius 1 is 1.39 bits per heavy atom. The Labute approximate surface area is 110 Å². The van der Waals surface area contributed by atoms with Gasteiger partial charge in [-0.25, -0.2) is 0 Å². The Hall–Kier alpha value is -1.06. The van der Waals surface area contributed by atoms with Crippen LogP contribution < -0.4 is 10.1 Å². The number of ether oxygens (including phenoxy) is 1. The second-order valence-corrected chi connectivity index (χ2v) is 5.29. The molecule has 0 spiro atoms. The fourth-order valence-electron chi connectivity index (χ4n) is 1.64. The molecule has 0 aliphatic rings. The van der Waals surface area contributed by atoms with Crippen LogP contribution in [0.5, 0.6) is 5.75 Å². The summed E-state index contributed by atoms with van der Waals surface area (Å²) in [6.07, 6.45) is 0.770.